The first kappa shape index (κ1) is 18.5. The maximum Gasteiger partial charge on any atom is 0.243 e. The Morgan fingerprint density at radius 3 is 2.71 bits per heavy atom. The van der Waals surface area contributed by atoms with Crippen LogP contribution in [0.1, 0.15) is 25.8 Å². The molecule has 1 rings (SSSR count). The van der Waals surface area contributed by atoms with Crippen LogP contribution in [-0.2, 0) is 16.6 Å². The Hall–Kier alpha value is -0.560. The van der Waals surface area contributed by atoms with Crippen LogP contribution in [0.5, 0.6) is 0 Å². The van der Waals surface area contributed by atoms with E-state index in [2.05, 4.69) is 12.2 Å². The van der Waals surface area contributed by atoms with E-state index in [1.54, 1.807) is 30.9 Å². The van der Waals surface area contributed by atoms with Gasteiger partial charge in [0.05, 0.1) is 4.90 Å². The molecule has 0 radical (unpaired) electrons. The molecule has 0 aliphatic rings. The summed E-state index contributed by atoms with van der Waals surface area (Å²) >= 11 is 1.65. The number of hydrogen-bond donors (Lipinski definition) is 1. The standard InChI is InChI=1S/C15H26N2O2S2/c1-5-9-16-11-14-7-6-8-15(10-14)21(18,19)17(3)13(2)12-20-4/h6-8,10,13,16H,5,9,11-12H2,1-4H3. The lowest BCUT2D eigenvalue weighted by Gasteiger charge is -2.24. The molecule has 1 N–H and O–H groups in total. The third-order valence-electron chi connectivity index (χ3n) is 3.36. The minimum atomic E-state index is -3.42. The number of thioether (sulfide) groups is 1. The fourth-order valence-corrected chi connectivity index (χ4v) is 4.21. The summed E-state index contributed by atoms with van der Waals surface area (Å²) in [5.41, 5.74) is 0.996. The molecule has 0 fully saturated rings. The lowest BCUT2D eigenvalue weighted by molar-refractivity contribution is 0.415. The van der Waals surface area contributed by atoms with Crippen molar-refractivity contribution < 1.29 is 8.42 Å². The summed E-state index contributed by atoms with van der Waals surface area (Å²) in [6, 6.07) is 7.17. The molecule has 1 aromatic carbocycles. The van der Waals surface area contributed by atoms with Gasteiger partial charge in [-0.1, -0.05) is 19.1 Å². The molecule has 0 saturated heterocycles. The van der Waals surface area contributed by atoms with Crippen molar-refractivity contribution in [2.45, 2.75) is 37.8 Å². The molecule has 120 valence electrons. The van der Waals surface area contributed by atoms with Crippen LogP contribution in [0.2, 0.25) is 0 Å². The summed E-state index contributed by atoms with van der Waals surface area (Å²) in [5.74, 6) is 0.785. The van der Waals surface area contributed by atoms with Crippen LogP contribution < -0.4 is 5.32 Å². The van der Waals surface area contributed by atoms with Gasteiger partial charge in [0.1, 0.15) is 0 Å². The van der Waals surface area contributed by atoms with Crippen molar-refractivity contribution in [3.63, 3.8) is 0 Å². The number of sulfonamides is 1. The van der Waals surface area contributed by atoms with Gasteiger partial charge in [-0.15, -0.1) is 0 Å². The van der Waals surface area contributed by atoms with Gasteiger partial charge in [-0.3, -0.25) is 0 Å². The van der Waals surface area contributed by atoms with E-state index in [0.29, 0.717) is 11.4 Å². The largest absolute Gasteiger partial charge is 0.313 e. The van der Waals surface area contributed by atoms with E-state index < -0.39 is 10.0 Å². The number of rotatable bonds is 9. The number of benzene rings is 1. The highest BCUT2D eigenvalue weighted by molar-refractivity contribution is 7.98. The molecule has 0 aliphatic carbocycles. The van der Waals surface area contributed by atoms with Crippen molar-refractivity contribution >= 4 is 21.8 Å². The minimum absolute atomic E-state index is 0.0214. The number of nitrogens with one attached hydrogen (secondary N) is 1. The molecule has 0 bridgehead atoms. The highest BCUT2D eigenvalue weighted by atomic mass is 32.2. The topological polar surface area (TPSA) is 49.4 Å². The van der Waals surface area contributed by atoms with E-state index in [9.17, 15) is 8.42 Å². The molecular formula is C15H26N2O2S2. The van der Waals surface area contributed by atoms with Gasteiger partial charge in [-0.05, 0) is 43.8 Å². The van der Waals surface area contributed by atoms with Crippen LogP contribution in [-0.4, -0.2) is 44.4 Å². The predicted octanol–water partition coefficient (Wildman–Crippen LogP) is 2.56. The molecule has 1 atom stereocenters. The Balaban J connectivity index is 2.90. The van der Waals surface area contributed by atoms with Crippen LogP contribution in [0, 0.1) is 0 Å². The predicted molar refractivity (Wildman–Crippen MR) is 91.2 cm³/mol. The third-order valence-corrected chi connectivity index (χ3v) is 6.14. The Kier molecular flexibility index (Phi) is 7.73. The third kappa shape index (κ3) is 5.29. The summed E-state index contributed by atoms with van der Waals surface area (Å²) in [4.78, 5) is 0.369. The molecule has 0 amide bonds. The molecule has 0 spiro atoms. The Bertz CT molecular complexity index is 532. The van der Waals surface area contributed by atoms with Gasteiger partial charge in [0.2, 0.25) is 10.0 Å². The Morgan fingerprint density at radius 2 is 2.10 bits per heavy atom. The minimum Gasteiger partial charge on any atom is -0.313 e. The molecule has 6 heteroatoms. The Labute approximate surface area is 133 Å². The van der Waals surface area contributed by atoms with E-state index >= 15 is 0 Å². The first-order chi connectivity index (χ1) is 9.93. The number of hydrogen-bond acceptors (Lipinski definition) is 4. The molecule has 0 aromatic heterocycles. The fourth-order valence-electron chi connectivity index (χ4n) is 1.97. The molecule has 1 unspecified atom stereocenters. The molecule has 21 heavy (non-hydrogen) atoms. The van der Waals surface area contributed by atoms with Crippen LogP contribution in [0.4, 0.5) is 0 Å². The normalized spacial score (nSPS) is 13.6. The van der Waals surface area contributed by atoms with Crippen LogP contribution >= 0.6 is 11.8 Å². The second-order valence-corrected chi connectivity index (χ2v) is 8.06. The first-order valence-electron chi connectivity index (χ1n) is 7.20. The zero-order valence-electron chi connectivity index (χ0n) is 13.3. The lowest BCUT2D eigenvalue weighted by atomic mass is 10.2. The summed E-state index contributed by atoms with van der Waals surface area (Å²) < 4.78 is 26.7. The molecule has 0 saturated carbocycles. The van der Waals surface area contributed by atoms with E-state index in [4.69, 9.17) is 0 Å². The lowest BCUT2D eigenvalue weighted by Crippen LogP contribution is -2.36. The first-order valence-corrected chi connectivity index (χ1v) is 10.0. The van der Waals surface area contributed by atoms with Gasteiger partial charge in [-0.2, -0.15) is 16.1 Å². The number of nitrogens with zero attached hydrogens (tertiary/aromatic N) is 1. The van der Waals surface area contributed by atoms with Crippen molar-refractivity contribution in [3.05, 3.63) is 29.8 Å². The highest BCUT2D eigenvalue weighted by Crippen LogP contribution is 2.19. The summed E-state index contributed by atoms with van der Waals surface area (Å²) in [7, 11) is -1.77. The SMILES string of the molecule is CCCNCc1cccc(S(=O)(=O)N(C)C(C)CSC)c1. The maximum absolute atomic E-state index is 12.6. The van der Waals surface area contributed by atoms with Gasteiger partial charge in [-0.25, -0.2) is 8.42 Å². The average molecular weight is 331 g/mol. The van der Waals surface area contributed by atoms with Crippen molar-refractivity contribution in [1.29, 1.82) is 0 Å². The maximum atomic E-state index is 12.6. The molecule has 0 heterocycles. The van der Waals surface area contributed by atoms with E-state index in [1.807, 2.05) is 25.3 Å². The molecule has 1 aromatic rings. The van der Waals surface area contributed by atoms with Gasteiger partial charge >= 0.3 is 0 Å². The zero-order chi connectivity index (χ0) is 15.9. The smallest absolute Gasteiger partial charge is 0.243 e. The molecule has 4 nitrogen and oxygen atoms in total. The van der Waals surface area contributed by atoms with Gasteiger partial charge < -0.3 is 5.32 Å². The quantitative estimate of drug-likeness (QED) is 0.707. The van der Waals surface area contributed by atoms with Crippen LogP contribution in [0.3, 0.4) is 0 Å². The Morgan fingerprint density at radius 1 is 1.38 bits per heavy atom. The molecular weight excluding hydrogens is 304 g/mol. The summed E-state index contributed by atoms with van der Waals surface area (Å²) in [5, 5.41) is 3.29. The van der Waals surface area contributed by atoms with Crippen molar-refractivity contribution in [2.75, 3.05) is 25.6 Å². The van der Waals surface area contributed by atoms with Gasteiger partial charge in [0.15, 0.2) is 0 Å². The second kappa shape index (κ2) is 8.78. The fraction of sp³-hybridized carbons (Fsp3) is 0.600. The summed E-state index contributed by atoms with van der Waals surface area (Å²) in [6.07, 6.45) is 3.05. The highest BCUT2D eigenvalue weighted by Gasteiger charge is 2.25. The van der Waals surface area contributed by atoms with E-state index in [0.717, 1.165) is 24.3 Å². The van der Waals surface area contributed by atoms with Crippen molar-refractivity contribution in [3.8, 4) is 0 Å². The van der Waals surface area contributed by atoms with Gasteiger partial charge in [0.25, 0.3) is 0 Å². The van der Waals surface area contributed by atoms with Crippen molar-refractivity contribution in [2.24, 2.45) is 0 Å². The monoisotopic (exact) mass is 330 g/mol. The van der Waals surface area contributed by atoms with E-state index in [-0.39, 0.29) is 6.04 Å². The van der Waals surface area contributed by atoms with Crippen molar-refractivity contribution in [1.82, 2.24) is 9.62 Å². The van der Waals surface area contributed by atoms with E-state index in [1.165, 1.54) is 4.31 Å². The average Bonchev–Trinajstić information content (AvgIpc) is 2.47. The van der Waals surface area contributed by atoms with Crippen LogP contribution in [0.15, 0.2) is 29.2 Å². The second-order valence-electron chi connectivity index (χ2n) is 5.15. The summed E-state index contributed by atoms with van der Waals surface area (Å²) in [6.45, 7) is 5.67. The van der Waals surface area contributed by atoms with Crippen LogP contribution in [0.25, 0.3) is 0 Å². The zero-order valence-corrected chi connectivity index (χ0v) is 14.9. The molecule has 0 aliphatic heterocycles. The van der Waals surface area contributed by atoms with Gasteiger partial charge in [0, 0.05) is 25.4 Å².